The first-order valence-electron chi connectivity index (χ1n) is 7.25. The lowest BCUT2D eigenvalue weighted by Crippen LogP contribution is -2.05. The minimum Gasteiger partial charge on any atom is -0.399 e. The lowest BCUT2D eigenvalue weighted by atomic mass is 10.0. The van der Waals surface area contributed by atoms with E-state index in [1.807, 2.05) is 55.5 Å². The summed E-state index contributed by atoms with van der Waals surface area (Å²) < 4.78 is 0. The van der Waals surface area contributed by atoms with Crippen LogP contribution in [0.25, 0.3) is 22.5 Å². The topological polar surface area (TPSA) is 93.8 Å². The molecule has 0 bridgehead atoms. The first-order chi connectivity index (χ1) is 10.5. The number of aromatic nitrogens is 1. The molecule has 0 saturated heterocycles. The van der Waals surface area contributed by atoms with E-state index >= 15 is 0 Å². The molecule has 0 aliphatic heterocycles. The van der Waals surface area contributed by atoms with Crippen molar-refractivity contribution in [3.05, 3.63) is 60.2 Å². The molecule has 0 aliphatic carbocycles. The molecular weight excluding hydrogens is 272 g/mol. The zero-order chi connectivity index (χ0) is 15.7. The van der Waals surface area contributed by atoms with Crippen LogP contribution in [0.1, 0.15) is 18.5 Å². The second-order valence-corrected chi connectivity index (χ2v) is 5.55. The number of anilines is 2. The van der Waals surface area contributed by atoms with Gasteiger partial charge >= 0.3 is 0 Å². The summed E-state index contributed by atoms with van der Waals surface area (Å²) in [6, 6.07) is 17.6. The molecule has 1 atom stereocenters. The van der Waals surface area contributed by atoms with Crippen LogP contribution >= 0.6 is 0 Å². The van der Waals surface area contributed by atoms with Crippen molar-refractivity contribution in [3.63, 3.8) is 0 Å². The van der Waals surface area contributed by atoms with E-state index in [2.05, 4.69) is 11.1 Å². The number of hydrogen-bond acceptors (Lipinski definition) is 3. The van der Waals surface area contributed by atoms with Crippen molar-refractivity contribution >= 4 is 11.4 Å². The summed E-state index contributed by atoms with van der Waals surface area (Å²) in [4.78, 5) is 3.47. The Kier molecular flexibility index (Phi) is 3.61. The smallest absolute Gasteiger partial charge is 0.0507 e. The summed E-state index contributed by atoms with van der Waals surface area (Å²) in [7, 11) is 0. The van der Waals surface area contributed by atoms with Crippen LogP contribution in [0.2, 0.25) is 0 Å². The van der Waals surface area contributed by atoms with Crippen molar-refractivity contribution < 1.29 is 0 Å². The summed E-state index contributed by atoms with van der Waals surface area (Å²) in [5.41, 5.74) is 24.5. The molecule has 0 fully saturated rings. The monoisotopic (exact) mass is 292 g/mol. The lowest BCUT2D eigenvalue weighted by molar-refractivity contribution is 0.822. The van der Waals surface area contributed by atoms with E-state index in [1.165, 1.54) is 0 Å². The predicted octanol–water partition coefficient (Wildman–Crippen LogP) is 3.53. The zero-order valence-corrected chi connectivity index (χ0v) is 12.5. The molecule has 0 radical (unpaired) electrons. The molecule has 0 spiro atoms. The molecule has 4 nitrogen and oxygen atoms in total. The normalized spacial score (nSPS) is 12.3. The summed E-state index contributed by atoms with van der Waals surface area (Å²) >= 11 is 0. The Morgan fingerprint density at radius 3 is 2.23 bits per heavy atom. The number of rotatable bonds is 3. The number of benzene rings is 2. The summed E-state index contributed by atoms with van der Waals surface area (Å²) in [5, 5.41) is 0. The Hall–Kier alpha value is -2.72. The maximum Gasteiger partial charge on any atom is 0.0507 e. The Labute approximate surface area is 130 Å². The third kappa shape index (κ3) is 2.69. The molecular formula is C18H20N4. The highest BCUT2D eigenvalue weighted by molar-refractivity contribution is 5.74. The van der Waals surface area contributed by atoms with Crippen molar-refractivity contribution in [3.8, 4) is 22.5 Å². The minimum absolute atomic E-state index is 0.0707. The average molecular weight is 292 g/mol. The molecule has 0 saturated carbocycles. The number of aromatic amines is 1. The summed E-state index contributed by atoms with van der Waals surface area (Å²) in [6.45, 7) is 1.98. The highest BCUT2D eigenvalue weighted by Crippen LogP contribution is 2.32. The van der Waals surface area contributed by atoms with Crippen LogP contribution in [-0.2, 0) is 0 Å². The molecule has 112 valence electrons. The van der Waals surface area contributed by atoms with Crippen LogP contribution in [0.3, 0.4) is 0 Å². The molecule has 4 heteroatoms. The zero-order valence-electron chi connectivity index (χ0n) is 12.5. The number of hydrogen-bond donors (Lipinski definition) is 4. The molecule has 22 heavy (non-hydrogen) atoms. The van der Waals surface area contributed by atoms with Crippen molar-refractivity contribution in [1.82, 2.24) is 4.98 Å². The van der Waals surface area contributed by atoms with Gasteiger partial charge in [-0.25, -0.2) is 0 Å². The van der Waals surface area contributed by atoms with Gasteiger partial charge in [-0.05, 0) is 53.9 Å². The van der Waals surface area contributed by atoms with E-state index in [9.17, 15) is 0 Å². The predicted molar refractivity (Wildman–Crippen MR) is 93.1 cm³/mol. The van der Waals surface area contributed by atoms with Crippen molar-refractivity contribution in [1.29, 1.82) is 0 Å². The maximum atomic E-state index is 6.13. The fourth-order valence-corrected chi connectivity index (χ4v) is 2.58. The van der Waals surface area contributed by atoms with Gasteiger partial charge in [0.25, 0.3) is 0 Å². The van der Waals surface area contributed by atoms with Gasteiger partial charge in [0.2, 0.25) is 0 Å². The standard InChI is InChI=1S/C18H20N4/c1-11(19)16-10-17(13-3-2-4-15(21)9-13)22-18(16)12-5-7-14(20)8-6-12/h2-11,22H,19-21H2,1H3. The van der Waals surface area contributed by atoms with Crippen LogP contribution in [0.4, 0.5) is 11.4 Å². The third-order valence-corrected chi connectivity index (χ3v) is 3.74. The largest absolute Gasteiger partial charge is 0.399 e. The van der Waals surface area contributed by atoms with Gasteiger partial charge in [-0.1, -0.05) is 24.3 Å². The number of nitrogen functional groups attached to an aromatic ring is 2. The molecule has 1 heterocycles. The molecule has 0 aliphatic rings. The fraction of sp³-hybridized carbons (Fsp3) is 0.111. The first kappa shape index (κ1) is 14.2. The second kappa shape index (κ2) is 5.58. The molecule has 1 aromatic heterocycles. The van der Waals surface area contributed by atoms with Crippen molar-refractivity contribution in [2.24, 2.45) is 5.73 Å². The van der Waals surface area contributed by atoms with Crippen LogP contribution in [0, 0.1) is 0 Å². The van der Waals surface area contributed by atoms with Gasteiger partial charge in [-0.15, -0.1) is 0 Å². The van der Waals surface area contributed by atoms with Crippen LogP contribution in [0.5, 0.6) is 0 Å². The van der Waals surface area contributed by atoms with Crippen LogP contribution in [0.15, 0.2) is 54.6 Å². The van der Waals surface area contributed by atoms with Crippen molar-refractivity contribution in [2.75, 3.05) is 11.5 Å². The minimum atomic E-state index is -0.0707. The molecule has 0 amide bonds. The van der Waals surface area contributed by atoms with Crippen LogP contribution in [-0.4, -0.2) is 4.98 Å². The molecule has 3 aromatic rings. The SMILES string of the molecule is CC(N)c1cc(-c2cccc(N)c2)[nH]c1-c1ccc(N)cc1. The van der Waals surface area contributed by atoms with Crippen LogP contribution < -0.4 is 17.2 Å². The fourth-order valence-electron chi connectivity index (χ4n) is 2.58. The van der Waals surface area contributed by atoms with Gasteiger partial charge in [-0.2, -0.15) is 0 Å². The van der Waals surface area contributed by atoms with E-state index in [-0.39, 0.29) is 6.04 Å². The Morgan fingerprint density at radius 1 is 0.864 bits per heavy atom. The Balaban J connectivity index is 2.12. The first-order valence-corrected chi connectivity index (χ1v) is 7.25. The van der Waals surface area contributed by atoms with Gasteiger partial charge < -0.3 is 22.2 Å². The third-order valence-electron chi connectivity index (χ3n) is 3.74. The molecule has 1 unspecified atom stereocenters. The van der Waals surface area contributed by atoms with E-state index in [1.54, 1.807) is 0 Å². The number of nitrogens with one attached hydrogen (secondary N) is 1. The summed E-state index contributed by atoms with van der Waals surface area (Å²) in [6.07, 6.45) is 0. The van der Waals surface area contributed by atoms with Gasteiger partial charge in [0.05, 0.1) is 5.69 Å². The maximum absolute atomic E-state index is 6.13. The quantitative estimate of drug-likeness (QED) is 0.556. The molecule has 7 N–H and O–H groups in total. The van der Waals surface area contributed by atoms with Gasteiger partial charge in [0.1, 0.15) is 0 Å². The second-order valence-electron chi connectivity index (χ2n) is 5.55. The average Bonchev–Trinajstić information content (AvgIpc) is 2.93. The highest BCUT2D eigenvalue weighted by atomic mass is 14.8. The number of nitrogens with two attached hydrogens (primary N) is 3. The molecule has 2 aromatic carbocycles. The van der Waals surface area contributed by atoms with Gasteiger partial charge in [0, 0.05) is 23.1 Å². The molecule has 3 rings (SSSR count). The van der Waals surface area contributed by atoms with Gasteiger partial charge in [0.15, 0.2) is 0 Å². The Bertz CT molecular complexity index is 785. The summed E-state index contributed by atoms with van der Waals surface area (Å²) in [5.74, 6) is 0. The van der Waals surface area contributed by atoms with E-state index in [0.29, 0.717) is 0 Å². The van der Waals surface area contributed by atoms with E-state index in [0.717, 1.165) is 39.5 Å². The van der Waals surface area contributed by atoms with E-state index < -0.39 is 0 Å². The lowest BCUT2D eigenvalue weighted by Gasteiger charge is -2.07. The van der Waals surface area contributed by atoms with Gasteiger partial charge in [-0.3, -0.25) is 0 Å². The highest BCUT2D eigenvalue weighted by Gasteiger charge is 2.14. The number of H-pyrrole nitrogens is 1. The van der Waals surface area contributed by atoms with E-state index in [4.69, 9.17) is 17.2 Å². The van der Waals surface area contributed by atoms with Crippen molar-refractivity contribution in [2.45, 2.75) is 13.0 Å². The Morgan fingerprint density at radius 2 is 1.59 bits per heavy atom.